The third kappa shape index (κ3) is 6.80. The fourth-order valence-electron chi connectivity index (χ4n) is 3.60. The van der Waals surface area contributed by atoms with Crippen molar-refractivity contribution in [2.24, 2.45) is 0 Å². The summed E-state index contributed by atoms with van der Waals surface area (Å²) in [4.78, 5) is 24.0. The van der Waals surface area contributed by atoms with Gasteiger partial charge in [-0.3, -0.25) is 10.1 Å². The van der Waals surface area contributed by atoms with Gasteiger partial charge >= 0.3 is 5.97 Å². The molecule has 0 saturated carbocycles. The lowest BCUT2D eigenvalue weighted by Crippen LogP contribution is -2.03. The van der Waals surface area contributed by atoms with E-state index in [1.807, 2.05) is 60.7 Å². The molecule has 0 spiro atoms. The minimum absolute atomic E-state index is 0.102. The summed E-state index contributed by atoms with van der Waals surface area (Å²) in [5.41, 5.74) is 2.01. The standard InChI is InChI=1S/C27H24N2O4S/c28-19-21(24-14-8-9-15-26(24)34-23-12-6-3-7-13-23)11-5-2-1-4-10-20-18-22(29(32)33)16-17-25(20)27(30)31/h3,6-9,11-18H,1-2,4-5,10H2,(H,30,31)/b21-11+. The molecular formula is C27H24N2O4S. The largest absolute Gasteiger partial charge is 0.478 e. The third-order valence-electron chi connectivity index (χ3n) is 5.30. The van der Waals surface area contributed by atoms with E-state index in [0.717, 1.165) is 28.2 Å². The van der Waals surface area contributed by atoms with Gasteiger partial charge in [0.1, 0.15) is 0 Å². The van der Waals surface area contributed by atoms with Crippen LogP contribution in [0.1, 0.15) is 47.2 Å². The van der Waals surface area contributed by atoms with Crippen molar-refractivity contribution in [1.82, 2.24) is 0 Å². The van der Waals surface area contributed by atoms with Crippen LogP contribution in [-0.4, -0.2) is 16.0 Å². The number of nitro groups is 1. The number of rotatable bonds is 11. The Morgan fingerprint density at radius 2 is 1.74 bits per heavy atom. The lowest BCUT2D eigenvalue weighted by atomic mass is 9.99. The summed E-state index contributed by atoms with van der Waals surface area (Å²) >= 11 is 1.62. The van der Waals surface area contributed by atoms with E-state index in [0.29, 0.717) is 30.4 Å². The molecule has 0 saturated heterocycles. The maximum atomic E-state index is 11.4. The van der Waals surface area contributed by atoms with Crippen LogP contribution in [0, 0.1) is 21.4 Å². The average Bonchev–Trinajstić information content (AvgIpc) is 2.84. The Kier molecular flexibility index (Phi) is 9.01. The summed E-state index contributed by atoms with van der Waals surface area (Å²) in [6.07, 6.45) is 5.47. The summed E-state index contributed by atoms with van der Waals surface area (Å²) in [6, 6.07) is 24.0. The molecular weight excluding hydrogens is 448 g/mol. The highest BCUT2D eigenvalue weighted by atomic mass is 32.2. The molecule has 0 unspecified atom stereocenters. The Bertz CT molecular complexity index is 1230. The van der Waals surface area contributed by atoms with Gasteiger partial charge in [-0.2, -0.15) is 5.26 Å². The average molecular weight is 473 g/mol. The van der Waals surface area contributed by atoms with E-state index in [4.69, 9.17) is 0 Å². The molecule has 0 heterocycles. The monoisotopic (exact) mass is 472 g/mol. The van der Waals surface area contributed by atoms with Crippen LogP contribution >= 0.6 is 11.8 Å². The van der Waals surface area contributed by atoms with E-state index >= 15 is 0 Å². The van der Waals surface area contributed by atoms with E-state index in [1.165, 1.54) is 18.2 Å². The Morgan fingerprint density at radius 3 is 2.44 bits per heavy atom. The van der Waals surface area contributed by atoms with Crippen molar-refractivity contribution in [3.63, 3.8) is 0 Å². The Labute approximate surface area is 202 Å². The minimum Gasteiger partial charge on any atom is -0.478 e. The van der Waals surface area contributed by atoms with Crippen LogP contribution < -0.4 is 0 Å². The second-order valence-electron chi connectivity index (χ2n) is 7.64. The quantitative estimate of drug-likeness (QED) is 0.137. The number of aryl methyl sites for hydroxylation is 1. The van der Waals surface area contributed by atoms with Gasteiger partial charge in [0.2, 0.25) is 0 Å². The highest BCUT2D eigenvalue weighted by molar-refractivity contribution is 7.99. The van der Waals surface area contributed by atoms with Crippen molar-refractivity contribution in [2.45, 2.75) is 41.9 Å². The predicted octanol–water partition coefficient (Wildman–Crippen LogP) is 7.15. The summed E-state index contributed by atoms with van der Waals surface area (Å²) in [5, 5.41) is 30.1. The fraction of sp³-hybridized carbons (Fsp3) is 0.185. The number of hydrogen-bond acceptors (Lipinski definition) is 5. The van der Waals surface area contributed by atoms with Gasteiger partial charge in [-0.1, -0.05) is 60.7 Å². The second-order valence-corrected chi connectivity index (χ2v) is 8.76. The van der Waals surface area contributed by atoms with E-state index < -0.39 is 10.9 Å². The molecule has 0 aliphatic carbocycles. The highest BCUT2D eigenvalue weighted by Crippen LogP contribution is 2.33. The van der Waals surface area contributed by atoms with Crippen LogP contribution in [0.5, 0.6) is 0 Å². The number of carbonyl (C=O) groups is 1. The van der Waals surface area contributed by atoms with E-state index in [-0.39, 0.29) is 11.3 Å². The van der Waals surface area contributed by atoms with Gasteiger partial charge in [-0.05, 0) is 55.5 Å². The summed E-state index contributed by atoms with van der Waals surface area (Å²) in [7, 11) is 0. The number of carboxylic acid groups (broad SMARTS) is 1. The number of carboxylic acids is 1. The molecule has 7 heteroatoms. The smallest absolute Gasteiger partial charge is 0.335 e. The van der Waals surface area contributed by atoms with Crippen molar-refractivity contribution in [2.75, 3.05) is 0 Å². The van der Waals surface area contributed by atoms with Crippen molar-refractivity contribution in [3.8, 4) is 6.07 Å². The molecule has 0 aromatic heterocycles. The minimum atomic E-state index is -1.08. The number of allylic oxidation sites excluding steroid dienone is 2. The molecule has 172 valence electrons. The highest BCUT2D eigenvalue weighted by Gasteiger charge is 2.15. The van der Waals surface area contributed by atoms with Crippen LogP contribution in [0.3, 0.4) is 0 Å². The molecule has 3 aromatic rings. The number of nitriles is 1. The number of aromatic carboxylic acids is 1. The molecule has 0 aliphatic rings. The maximum absolute atomic E-state index is 11.4. The summed E-state index contributed by atoms with van der Waals surface area (Å²) < 4.78 is 0. The van der Waals surface area contributed by atoms with E-state index in [2.05, 4.69) is 6.07 Å². The molecule has 34 heavy (non-hydrogen) atoms. The molecule has 3 rings (SSSR count). The van der Waals surface area contributed by atoms with Crippen molar-refractivity contribution < 1.29 is 14.8 Å². The zero-order chi connectivity index (χ0) is 24.3. The summed E-state index contributed by atoms with van der Waals surface area (Å²) in [5.74, 6) is -1.08. The molecule has 0 radical (unpaired) electrons. The van der Waals surface area contributed by atoms with Gasteiger partial charge in [-0.15, -0.1) is 0 Å². The van der Waals surface area contributed by atoms with Crippen LogP contribution in [0.25, 0.3) is 5.57 Å². The lowest BCUT2D eigenvalue weighted by Gasteiger charge is -2.09. The molecule has 0 fully saturated rings. The number of hydrogen-bond donors (Lipinski definition) is 1. The fourth-order valence-corrected chi connectivity index (χ4v) is 4.58. The second kappa shape index (κ2) is 12.4. The van der Waals surface area contributed by atoms with Gasteiger partial charge in [0.15, 0.2) is 0 Å². The zero-order valence-electron chi connectivity index (χ0n) is 18.5. The number of nitro benzene ring substituents is 1. The molecule has 0 aliphatic heterocycles. The zero-order valence-corrected chi connectivity index (χ0v) is 19.3. The molecule has 1 N–H and O–H groups in total. The number of unbranched alkanes of at least 4 members (excludes halogenated alkanes) is 3. The van der Waals surface area contributed by atoms with Crippen molar-refractivity contribution in [1.29, 1.82) is 5.26 Å². The van der Waals surface area contributed by atoms with E-state index in [9.17, 15) is 25.3 Å². The summed E-state index contributed by atoms with van der Waals surface area (Å²) in [6.45, 7) is 0. The van der Waals surface area contributed by atoms with Crippen molar-refractivity contribution >= 4 is 29.0 Å². The molecule has 0 bridgehead atoms. The van der Waals surface area contributed by atoms with Crippen LogP contribution in [0.2, 0.25) is 0 Å². The number of non-ortho nitro benzene ring substituents is 1. The van der Waals surface area contributed by atoms with Crippen LogP contribution in [-0.2, 0) is 6.42 Å². The molecule has 6 nitrogen and oxygen atoms in total. The Morgan fingerprint density at radius 1 is 1.00 bits per heavy atom. The molecule has 3 aromatic carbocycles. The normalized spacial score (nSPS) is 11.1. The SMILES string of the molecule is N#C/C(=C\CCCCCc1cc([N+](=O)[O-])ccc1C(=O)O)c1ccccc1Sc1ccccc1. The predicted molar refractivity (Wildman–Crippen MR) is 133 cm³/mol. The Balaban J connectivity index is 1.59. The van der Waals surface area contributed by atoms with Gasteiger partial charge < -0.3 is 5.11 Å². The van der Waals surface area contributed by atoms with Gasteiger partial charge in [0.05, 0.1) is 22.1 Å². The first kappa shape index (κ1) is 24.7. The van der Waals surface area contributed by atoms with Crippen LogP contribution in [0.15, 0.2) is 88.7 Å². The van der Waals surface area contributed by atoms with E-state index in [1.54, 1.807) is 11.8 Å². The topological polar surface area (TPSA) is 104 Å². The van der Waals surface area contributed by atoms with Crippen molar-refractivity contribution in [3.05, 3.63) is 106 Å². The lowest BCUT2D eigenvalue weighted by molar-refractivity contribution is -0.384. The first-order valence-corrected chi connectivity index (χ1v) is 11.7. The Hall–Kier alpha value is -3.89. The third-order valence-corrected chi connectivity index (χ3v) is 6.38. The van der Waals surface area contributed by atoms with Gasteiger partial charge in [0, 0.05) is 27.5 Å². The molecule has 0 atom stereocenters. The first-order valence-electron chi connectivity index (χ1n) is 10.9. The van der Waals surface area contributed by atoms with Crippen LogP contribution in [0.4, 0.5) is 5.69 Å². The molecule has 0 amide bonds. The van der Waals surface area contributed by atoms with Gasteiger partial charge in [-0.25, -0.2) is 4.79 Å². The maximum Gasteiger partial charge on any atom is 0.335 e. The first-order chi connectivity index (χ1) is 16.5. The number of nitrogens with zero attached hydrogens (tertiary/aromatic N) is 2. The number of benzene rings is 3. The van der Waals surface area contributed by atoms with Gasteiger partial charge in [0.25, 0.3) is 5.69 Å².